The third-order valence-corrected chi connectivity index (χ3v) is 29.1. The molecule has 0 saturated carbocycles. The van der Waals surface area contributed by atoms with Crippen molar-refractivity contribution in [2.24, 2.45) is 14.1 Å². The van der Waals surface area contributed by atoms with Gasteiger partial charge in [-0.25, -0.2) is 0 Å². The summed E-state index contributed by atoms with van der Waals surface area (Å²) in [5.74, 6) is 0.608. The zero-order valence-electron chi connectivity index (χ0n) is 64.4. The number of phenols is 2. The molecule has 13 heteroatoms. The van der Waals surface area contributed by atoms with Crippen molar-refractivity contribution >= 4 is 124 Å². The van der Waals surface area contributed by atoms with E-state index >= 15 is 0 Å². The van der Waals surface area contributed by atoms with Crippen LogP contribution in [0.2, 0.25) is 0 Å². The number of aromatic nitrogens is 2. The number of hydrogen-bond acceptors (Lipinski definition) is 4. The van der Waals surface area contributed by atoms with Crippen molar-refractivity contribution in [2.75, 3.05) is 0 Å². The summed E-state index contributed by atoms with van der Waals surface area (Å²) in [6.45, 7) is 8.26. The Morgan fingerprint density at radius 3 is 0.646 bits per heavy atom. The minimum Gasteiger partial charge on any atom is -0.507 e. The molecule has 3 heterocycles. The van der Waals surface area contributed by atoms with E-state index in [4.69, 9.17) is 14.4 Å². The maximum absolute atomic E-state index is 9.59. The van der Waals surface area contributed by atoms with Crippen molar-refractivity contribution in [1.29, 1.82) is 0 Å². The van der Waals surface area contributed by atoms with Gasteiger partial charge >= 0.3 is 7.12 Å². The summed E-state index contributed by atoms with van der Waals surface area (Å²) in [4.78, 5) is 0. The van der Waals surface area contributed by atoms with Gasteiger partial charge in [0.2, 0.25) is 0 Å². The molecular weight excluding hydrogens is 1610 g/mol. The summed E-state index contributed by atoms with van der Waals surface area (Å²) in [7, 11) is 1.92. The van der Waals surface area contributed by atoms with Gasteiger partial charge in [-0.15, -0.1) is 0 Å². The molecule has 14 aromatic carbocycles. The van der Waals surface area contributed by atoms with Crippen LogP contribution in [0.4, 0.5) is 0 Å². The number of phenolic OH excluding ortho intramolecular Hbond substituents is 2. The fourth-order valence-electron chi connectivity index (χ4n) is 12.3. The van der Waals surface area contributed by atoms with Gasteiger partial charge in [0.05, 0.1) is 21.4 Å². The first-order valence-corrected chi connectivity index (χ1v) is 43.5. The van der Waals surface area contributed by atoms with Crippen LogP contribution in [-0.2, 0) is 43.8 Å². The van der Waals surface area contributed by atoms with E-state index in [9.17, 15) is 5.11 Å². The second-order valence-electron chi connectivity index (χ2n) is 27.0. The van der Waals surface area contributed by atoms with E-state index < -0.39 is 31.7 Å². The summed E-state index contributed by atoms with van der Waals surface area (Å²) in [5, 5.41) is 35.2. The van der Waals surface area contributed by atoms with Crippen LogP contribution in [0.25, 0.3) is 11.3 Å². The summed E-state index contributed by atoms with van der Waals surface area (Å²) < 4.78 is 16.6. The summed E-state index contributed by atoms with van der Waals surface area (Å²) >= 11 is 3.15. The molecule has 2 aromatic heterocycles. The fraction of sp³-hybridized carbons (Fsp3) is 0.0800. The van der Waals surface area contributed by atoms with Crippen molar-refractivity contribution < 1.29 is 39.9 Å². The molecular formula is C100H94BBrN2O4P4Pd. The first-order chi connectivity index (χ1) is 54.7. The van der Waals surface area contributed by atoms with Gasteiger partial charge in [-0.2, -0.15) is 0 Å². The summed E-state index contributed by atoms with van der Waals surface area (Å²) in [6.07, 6.45) is 3.96. The van der Waals surface area contributed by atoms with E-state index in [1.165, 1.54) is 63.7 Å². The molecule has 1 aliphatic rings. The zero-order valence-corrected chi connectivity index (χ0v) is 71.1. The Kier molecular flexibility index (Phi) is 33.7. The second-order valence-corrected chi connectivity index (χ2v) is 36.7. The summed E-state index contributed by atoms with van der Waals surface area (Å²) in [5.41, 5.74) is 2.44. The number of hydrogen-bond donors (Lipinski definition) is 2. The van der Waals surface area contributed by atoms with Crippen LogP contribution in [-0.4, -0.2) is 37.7 Å². The molecule has 0 aliphatic carbocycles. The van der Waals surface area contributed by atoms with E-state index in [1.54, 1.807) is 24.3 Å². The molecule has 2 N–H and O–H groups in total. The van der Waals surface area contributed by atoms with Crippen molar-refractivity contribution in [1.82, 2.24) is 9.13 Å². The number of benzene rings is 14. The standard InChI is InChI=1S/4C18H15P.C11H18BNO2.C11H11NO.C6H5BrO.Pd/c4*1-4-10-16(11-5-1)19(17-12-6-2-7-13-17)18-14-8-3-9-15-18;1-10(2)11(3,4)15-12(14-10)9-7-6-8-13(9)5;1-12-8-4-6-10(12)9-5-2-3-7-11(9)13;7-5-3-1-2-4-6(5)8;/h4*1-15H;6-8H,1-5H3;2-8,13H,1H3;1-4,8H;. The number of para-hydroxylation sites is 2. The van der Waals surface area contributed by atoms with Crippen LogP contribution in [0.5, 0.6) is 11.5 Å². The molecule has 568 valence electrons. The number of rotatable bonds is 14. The third kappa shape index (κ3) is 24.8. The van der Waals surface area contributed by atoms with Crippen LogP contribution in [0.15, 0.2) is 454 Å². The topological polar surface area (TPSA) is 68.8 Å². The average molecular weight is 1710 g/mol. The predicted molar refractivity (Wildman–Crippen MR) is 490 cm³/mol. The third-order valence-electron chi connectivity index (χ3n) is 18.6. The van der Waals surface area contributed by atoms with Gasteiger partial charge in [0.15, 0.2) is 0 Å². The maximum atomic E-state index is 9.59. The van der Waals surface area contributed by atoms with Crippen molar-refractivity contribution in [3.8, 4) is 22.8 Å². The largest absolute Gasteiger partial charge is 0.512 e. The van der Waals surface area contributed by atoms with Gasteiger partial charge in [-0.3, -0.25) is 0 Å². The zero-order chi connectivity index (χ0) is 78.2. The maximum Gasteiger partial charge on any atom is 0.512 e. The number of nitrogens with zero attached hydrogens (tertiary/aromatic N) is 2. The van der Waals surface area contributed by atoms with Gasteiger partial charge in [0.25, 0.3) is 0 Å². The smallest absolute Gasteiger partial charge is 0.507 e. The molecule has 0 atom stereocenters. The quantitative estimate of drug-likeness (QED) is 0.0841. The number of aromatic hydroxyl groups is 2. The second kappa shape index (κ2) is 44.5. The molecule has 0 bridgehead atoms. The van der Waals surface area contributed by atoms with Crippen molar-refractivity contribution in [2.45, 2.75) is 38.9 Å². The molecule has 0 radical (unpaired) electrons. The number of aryl methyl sites for hydroxylation is 2. The Morgan fingerprint density at radius 2 is 0.460 bits per heavy atom. The van der Waals surface area contributed by atoms with Crippen molar-refractivity contribution in [3.63, 3.8) is 0 Å². The van der Waals surface area contributed by atoms with E-state index in [0.29, 0.717) is 5.75 Å². The minimum absolute atomic E-state index is 0. The first-order valence-electron chi connectivity index (χ1n) is 37.3. The normalized spacial score (nSPS) is 12.0. The number of halogens is 1. The van der Waals surface area contributed by atoms with Crippen LogP contribution >= 0.6 is 47.6 Å². The Balaban J connectivity index is 0.000000141. The first kappa shape index (κ1) is 85.5. The van der Waals surface area contributed by atoms with E-state index in [2.05, 4.69) is 408 Å². The van der Waals surface area contributed by atoms with Gasteiger partial charge in [0, 0.05) is 58.1 Å². The molecule has 16 aromatic rings. The molecule has 17 rings (SSSR count). The van der Waals surface area contributed by atoms with Gasteiger partial charge < -0.3 is 28.7 Å². The van der Waals surface area contributed by atoms with Crippen LogP contribution in [0.1, 0.15) is 27.7 Å². The van der Waals surface area contributed by atoms with Crippen LogP contribution in [0, 0.1) is 0 Å². The van der Waals surface area contributed by atoms with Gasteiger partial charge in [0.1, 0.15) is 11.5 Å². The van der Waals surface area contributed by atoms with E-state index in [0.717, 1.165) is 21.3 Å². The molecule has 0 spiro atoms. The Hall–Kier alpha value is -9.91. The van der Waals surface area contributed by atoms with Crippen LogP contribution < -0.4 is 69.2 Å². The average Bonchev–Trinajstić information content (AvgIpc) is 1.62. The Labute approximate surface area is 696 Å². The molecule has 1 aliphatic heterocycles. The molecule has 1 fully saturated rings. The monoisotopic (exact) mass is 1710 g/mol. The Morgan fingerprint density at radius 1 is 0.257 bits per heavy atom. The predicted octanol–water partition coefficient (Wildman–Crippen LogP) is 19.7. The Bertz CT molecular complexity index is 4420. The summed E-state index contributed by atoms with van der Waals surface area (Å²) in [6, 6.07) is 152. The SMILES string of the molecule is Cn1cccc1-c1ccccc1O.Cn1cccc1B1OC(C)(C)C(C)(C)O1.Oc1ccccc1Br.[Pd].c1ccc(P(c2ccccc2)c2ccccc2)cc1.c1ccc(P(c2ccccc2)c2ccccc2)cc1.c1ccc(P(c2ccccc2)c2ccccc2)cc1.c1ccc(P(c2ccccc2)c2ccccc2)cc1. The molecule has 113 heavy (non-hydrogen) atoms. The molecule has 0 unspecified atom stereocenters. The molecule has 6 nitrogen and oxygen atoms in total. The molecule has 0 amide bonds. The minimum atomic E-state index is -0.446. The van der Waals surface area contributed by atoms with Gasteiger partial charge in [-0.1, -0.05) is 388 Å². The molecule has 1 saturated heterocycles. The fourth-order valence-corrected chi connectivity index (χ4v) is 21.8. The van der Waals surface area contributed by atoms with Crippen molar-refractivity contribution in [3.05, 3.63) is 454 Å². The van der Waals surface area contributed by atoms with Crippen LogP contribution in [0.3, 0.4) is 0 Å². The van der Waals surface area contributed by atoms with Gasteiger partial charge in [-0.05, 0) is 187 Å². The van der Waals surface area contributed by atoms with E-state index in [1.807, 2.05) is 84.2 Å². The van der Waals surface area contributed by atoms with E-state index in [-0.39, 0.29) is 44.5 Å².